The minimum absolute atomic E-state index is 0.0765. The highest BCUT2D eigenvalue weighted by Gasteiger charge is 2.25. The van der Waals surface area contributed by atoms with E-state index in [1.807, 2.05) is 0 Å². The molecule has 0 spiro atoms. The standard InChI is InChI=1S/C10H15NO3S/c1-8(12)9(2)15(13,14)7-10-4-3-5-11-6-10/h3-6,8-9,12H,7H2,1-2H3. The molecule has 1 heterocycles. The van der Waals surface area contributed by atoms with E-state index in [2.05, 4.69) is 4.98 Å². The molecule has 0 aliphatic rings. The number of sulfone groups is 1. The second-order valence-electron chi connectivity index (χ2n) is 3.61. The second-order valence-corrected chi connectivity index (χ2v) is 5.97. The number of aliphatic hydroxyl groups is 1. The largest absolute Gasteiger partial charge is 0.392 e. The summed E-state index contributed by atoms with van der Waals surface area (Å²) in [7, 11) is -3.30. The van der Waals surface area contributed by atoms with Gasteiger partial charge in [-0.05, 0) is 25.5 Å². The monoisotopic (exact) mass is 229 g/mol. The van der Waals surface area contributed by atoms with Crippen molar-refractivity contribution in [3.63, 3.8) is 0 Å². The van der Waals surface area contributed by atoms with Crippen LogP contribution in [0.3, 0.4) is 0 Å². The lowest BCUT2D eigenvalue weighted by Gasteiger charge is -2.15. The van der Waals surface area contributed by atoms with Gasteiger partial charge in [-0.2, -0.15) is 0 Å². The Balaban J connectivity index is 2.82. The average molecular weight is 229 g/mol. The van der Waals surface area contributed by atoms with E-state index in [1.165, 1.54) is 20.0 Å². The summed E-state index contributed by atoms with van der Waals surface area (Å²) < 4.78 is 23.5. The molecule has 1 aromatic heterocycles. The summed E-state index contributed by atoms with van der Waals surface area (Å²) in [5.74, 6) is -0.0765. The molecule has 4 nitrogen and oxygen atoms in total. The van der Waals surface area contributed by atoms with E-state index in [0.717, 1.165) is 0 Å². The lowest BCUT2D eigenvalue weighted by Crippen LogP contribution is -2.30. The lowest BCUT2D eigenvalue weighted by molar-refractivity contribution is 0.193. The fourth-order valence-corrected chi connectivity index (χ4v) is 2.65. The summed E-state index contributed by atoms with van der Waals surface area (Å²) in [4.78, 5) is 3.85. The highest BCUT2D eigenvalue weighted by molar-refractivity contribution is 7.91. The SMILES string of the molecule is CC(O)C(C)S(=O)(=O)Cc1cccnc1. The maximum Gasteiger partial charge on any atom is 0.159 e. The van der Waals surface area contributed by atoms with Crippen LogP contribution in [0.2, 0.25) is 0 Å². The first-order valence-electron chi connectivity index (χ1n) is 4.72. The van der Waals surface area contributed by atoms with Crippen LogP contribution in [0.15, 0.2) is 24.5 Å². The Bertz CT molecular complexity index is 400. The van der Waals surface area contributed by atoms with Gasteiger partial charge in [-0.3, -0.25) is 4.98 Å². The van der Waals surface area contributed by atoms with Crippen molar-refractivity contribution in [2.24, 2.45) is 0 Å². The lowest BCUT2D eigenvalue weighted by atomic mass is 10.3. The summed E-state index contributed by atoms with van der Waals surface area (Å²) in [6, 6.07) is 3.40. The third-order valence-corrected chi connectivity index (χ3v) is 4.60. The first kappa shape index (κ1) is 12.1. The van der Waals surface area contributed by atoms with Crippen molar-refractivity contribution in [3.8, 4) is 0 Å². The summed E-state index contributed by atoms with van der Waals surface area (Å²) in [6.07, 6.45) is 2.26. The number of hydrogen-bond donors (Lipinski definition) is 1. The van der Waals surface area contributed by atoms with E-state index in [9.17, 15) is 13.5 Å². The van der Waals surface area contributed by atoms with E-state index in [1.54, 1.807) is 18.3 Å². The van der Waals surface area contributed by atoms with Gasteiger partial charge in [-0.15, -0.1) is 0 Å². The minimum atomic E-state index is -3.30. The molecular weight excluding hydrogens is 214 g/mol. The Morgan fingerprint density at radius 2 is 2.13 bits per heavy atom. The van der Waals surface area contributed by atoms with Crippen molar-refractivity contribution >= 4 is 9.84 Å². The van der Waals surface area contributed by atoms with Crippen LogP contribution in [0.1, 0.15) is 19.4 Å². The summed E-state index contributed by atoms with van der Waals surface area (Å²) in [5, 5.41) is 8.49. The van der Waals surface area contributed by atoms with Crippen molar-refractivity contribution in [2.75, 3.05) is 0 Å². The van der Waals surface area contributed by atoms with Crippen molar-refractivity contribution < 1.29 is 13.5 Å². The van der Waals surface area contributed by atoms with Gasteiger partial charge in [0.1, 0.15) is 0 Å². The van der Waals surface area contributed by atoms with Gasteiger partial charge in [0.05, 0.1) is 17.1 Å². The third kappa shape index (κ3) is 3.28. The molecular formula is C10H15NO3S. The molecule has 5 heteroatoms. The predicted molar refractivity (Wildman–Crippen MR) is 58.0 cm³/mol. The zero-order valence-corrected chi connectivity index (χ0v) is 9.61. The van der Waals surface area contributed by atoms with Crippen LogP contribution in [0.5, 0.6) is 0 Å². The summed E-state index contributed by atoms with van der Waals surface area (Å²) in [5.41, 5.74) is 0.644. The zero-order chi connectivity index (χ0) is 11.5. The number of hydrogen-bond acceptors (Lipinski definition) is 4. The molecule has 2 unspecified atom stereocenters. The number of pyridine rings is 1. The van der Waals surface area contributed by atoms with Crippen LogP contribution >= 0.6 is 0 Å². The molecule has 0 amide bonds. The second kappa shape index (κ2) is 4.72. The highest BCUT2D eigenvalue weighted by atomic mass is 32.2. The van der Waals surface area contributed by atoms with Crippen LogP contribution in [-0.2, 0) is 15.6 Å². The van der Waals surface area contributed by atoms with Gasteiger partial charge in [0.25, 0.3) is 0 Å². The van der Waals surface area contributed by atoms with Crippen molar-refractivity contribution in [2.45, 2.75) is 31.0 Å². The molecule has 0 saturated carbocycles. The van der Waals surface area contributed by atoms with Gasteiger partial charge in [0.15, 0.2) is 9.84 Å². The predicted octanol–water partition coefficient (Wildman–Crippen LogP) is 0.766. The maximum atomic E-state index is 11.8. The average Bonchev–Trinajstić information content (AvgIpc) is 2.17. The Morgan fingerprint density at radius 1 is 1.47 bits per heavy atom. The smallest absolute Gasteiger partial charge is 0.159 e. The first-order valence-corrected chi connectivity index (χ1v) is 6.43. The molecule has 0 radical (unpaired) electrons. The number of aliphatic hydroxyl groups excluding tert-OH is 1. The molecule has 0 saturated heterocycles. The normalized spacial score (nSPS) is 15.9. The molecule has 84 valence electrons. The Kier molecular flexibility index (Phi) is 3.82. The van der Waals surface area contributed by atoms with E-state index in [-0.39, 0.29) is 5.75 Å². The minimum Gasteiger partial charge on any atom is -0.392 e. The van der Waals surface area contributed by atoms with Crippen molar-refractivity contribution in [1.82, 2.24) is 4.98 Å². The van der Waals surface area contributed by atoms with Crippen molar-refractivity contribution in [3.05, 3.63) is 30.1 Å². The molecule has 1 N–H and O–H groups in total. The Labute approximate surface area is 89.9 Å². The van der Waals surface area contributed by atoms with Gasteiger partial charge in [0, 0.05) is 12.4 Å². The summed E-state index contributed by atoms with van der Waals surface area (Å²) in [6.45, 7) is 2.99. The highest BCUT2D eigenvalue weighted by Crippen LogP contribution is 2.12. The molecule has 0 aliphatic heterocycles. The molecule has 1 aromatic rings. The van der Waals surface area contributed by atoms with Gasteiger partial charge in [0.2, 0.25) is 0 Å². The molecule has 0 aliphatic carbocycles. The van der Waals surface area contributed by atoms with Gasteiger partial charge in [-0.1, -0.05) is 6.07 Å². The molecule has 2 atom stereocenters. The first-order chi connectivity index (χ1) is 6.93. The molecule has 0 bridgehead atoms. The van der Waals surface area contributed by atoms with Crippen LogP contribution < -0.4 is 0 Å². The molecule has 0 aromatic carbocycles. The fraction of sp³-hybridized carbons (Fsp3) is 0.500. The van der Waals surface area contributed by atoms with Gasteiger partial charge in [-0.25, -0.2) is 8.42 Å². The Hall–Kier alpha value is -0.940. The van der Waals surface area contributed by atoms with Crippen LogP contribution in [0.4, 0.5) is 0 Å². The van der Waals surface area contributed by atoms with Crippen LogP contribution in [0.25, 0.3) is 0 Å². The maximum absolute atomic E-state index is 11.8. The topological polar surface area (TPSA) is 67.3 Å². The van der Waals surface area contributed by atoms with Gasteiger partial charge < -0.3 is 5.11 Å². The number of aromatic nitrogens is 1. The molecule has 0 fully saturated rings. The summed E-state index contributed by atoms with van der Waals surface area (Å²) >= 11 is 0. The van der Waals surface area contributed by atoms with Crippen LogP contribution in [-0.4, -0.2) is 29.9 Å². The quantitative estimate of drug-likeness (QED) is 0.828. The Morgan fingerprint density at radius 3 is 2.60 bits per heavy atom. The van der Waals surface area contributed by atoms with Gasteiger partial charge >= 0.3 is 0 Å². The fourth-order valence-electron chi connectivity index (χ4n) is 1.15. The van der Waals surface area contributed by atoms with Crippen LogP contribution in [0, 0.1) is 0 Å². The third-order valence-electron chi connectivity index (χ3n) is 2.34. The van der Waals surface area contributed by atoms with E-state index >= 15 is 0 Å². The van der Waals surface area contributed by atoms with E-state index < -0.39 is 21.2 Å². The number of nitrogens with zero attached hydrogens (tertiary/aromatic N) is 1. The number of rotatable bonds is 4. The molecule has 15 heavy (non-hydrogen) atoms. The zero-order valence-electron chi connectivity index (χ0n) is 8.79. The van der Waals surface area contributed by atoms with Crippen molar-refractivity contribution in [1.29, 1.82) is 0 Å². The van der Waals surface area contributed by atoms with E-state index in [4.69, 9.17) is 0 Å². The van der Waals surface area contributed by atoms with E-state index in [0.29, 0.717) is 5.56 Å². The molecule has 1 rings (SSSR count).